The first-order valence-electron chi connectivity index (χ1n) is 12.5. The number of piperidine rings is 1. The molecular formula is C26H32FN4O4+. The highest BCUT2D eigenvalue weighted by molar-refractivity contribution is 5.79. The Morgan fingerprint density at radius 1 is 1.29 bits per heavy atom. The van der Waals surface area contributed by atoms with Crippen molar-refractivity contribution in [3.63, 3.8) is 0 Å². The Labute approximate surface area is 203 Å². The maximum atomic E-state index is 13.6. The molecule has 0 radical (unpaired) electrons. The number of rotatable bonds is 6. The summed E-state index contributed by atoms with van der Waals surface area (Å²) in [6, 6.07) is 4.52. The van der Waals surface area contributed by atoms with E-state index in [0.717, 1.165) is 79.9 Å². The molecule has 0 unspecified atom stereocenters. The molecule has 0 amide bonds. The third kappa shape index (κ3) is 4.74. The van der Waals surface area contributed by atoms with Crippen molar-refractivity contribution >= 4 is 16.9 Å². The van der Waals surface area contributed by atoms with Crippen LogP contribution in [0.2, 0.25) is 0 Å². The van der Waals surface area contributed by atoms with Gasteiger partial charge in [0, 0.05) is 67.8 Å². The van der Waals surface area contributed by atoms with E-state index in [4.69, 9.17) is 14.2 Å². The lowest BCUT2D eigenvalue weighted by atomic mass is 9.90. The van der Waals surface area contributed by atoms with E-state index in [1.165, 1.54) is 19.1 Å². The smallest absolute Gasteiger partial charge is 0.306 e. The van der Waals surface area contributed by atoms with Crippen LogP contribution in [0.15, 0.2) is 27.5 Å². The van der Waals surface area contributed by atoms with E-state index >= 15 is 0 Å². The first kappa shape index (κ1) is 23.7. The summed E-state index contributed by atoms with van der Waals surface area (Å²) in [5.74, 6) is 0.430. The van der Waals surface area contributed by atoms with E-state index in [1.807, 2.05) is 11.5 Å². The van der Waals surface area contributed by atoms with E-state index in [1.54, 1.807) is 6.07 Å². The molecule has 1 fully saturated rings. The monoisotopic (exact) mass is 483 g/mol. The van der Waals surface area contributed by atoms with Gasteiger partial charge in [-0.2, -0.15) is 0 Å². The summed E-state index contributed by atoms with van der Waals surface area (Å²) in [5.41, 5.74) is 2.97. The standard InChI is InChI=1S/C26H32FN4O4/c1-17-21(26(33)30-11-4-3-5-24(30)28-17)10-14-31(16-34-18(2)32)12-8-19(9-13-31)25-22-7-6-20(27)15-23(22)35-29-25/h6-7,15,19H,3-5,8-14,16H2,1-2H3/q+1. The van der Waals surface area contributed by atoms with Crippen molar-refractivity contribution in [2.24, 2.45) is 0 Å². The second kappa shape index (κ2) is 9.53. The quantitative estimate of drug-likeness (QED) is 0.393. The minimum absolute atomic E-state index is 0.0778. The molecule has 0 spiro atoms. The Hall–Kier alpha value is -3.07. The topological polar surface area (TPSA) is 87.2 Å². The van der Waals surface area contributed by atoms with Gasteiger partial charge in [-0.3, -0.25) is 18.6 Å². The van der Waals surface area contributed by atoms with E-state index in [-0.39, 0.29) is 30.0 Å². The zero-order chi connectivity index (χ0) is 24.6. The number of fused-ring (bicyclic) bond motifs is 2. The highest BCUT2D eigenvalue weighted by Crippen LogP contribution is 2.35. The number of esters is 1. The lowest BCUT2D eigenvalue weighted by Gasteiger charge is -2.42. The van der Waals surface area contributed by atoms with Crippen LogP contribution in [0.1, 0.15) is 61.3 Å². The van der Waals surface area contributed by atoms with Crippen LogP contribution in [0.25, 0.3) is 11.0 Å². The Morgan fingerprint density at radius 3 is 2.86 bits per heavy atom. The Bertz CT molecular complexity index is 1310. The number of halogens is 1. The molecule has 0 bridgehead atoms. The Balaban J connectivity index is 1.34. The summed E-state index contributed by atoms with van der Waals surface area (Å²) in [6.07, 6.45) is 5.20. The number of ether oxygens (including phenoxy) is 1. The van der Waals surface area contributed by atoms with Crippen LogP contribution in [-0.2, 0) is 28.9 Å². The predicted octanol–water partition coefficient (Wildman–Crippen LogP) is 3.63. The van der Waals surface area contributed by atoms with Gasteiger partial charge in [-0.25, -0.2) is 9.37 Å². The number of benzene rings is 1. The van der Waals surface area contributed by atoms with Crippen molar-refractivity contribution in [1.29, 1.82) is 0 Å². The summed E-state index contributed by atoms with van der Waals surface area (Å²) in [7, 11) is 0. The van der Waals surface area contributed by atoms with Crippen LogP contribution in [0, 0.1) is 12.7 Å². The van der Waals surface area contributed by atoms with Crippen LogP contribution < -0.4 is 5.56 Å². The summed E-state index contributed by atoms with van der Waals surface area (Å²) in [4.78, 5) is 29.6. The molecule has 1 saturated heterocycles. The fraction of sp³-hybridized carbons (Fsp3) is 0.538. The molecule has 2 aliphatic rings. The Morgan fingerprint density at radius 2 is 2.09 bits per heavy atom. The van der Waals surface area contributed by atoms with Crippen molar-refractivity contribution in [2.45, 2.75) is 64.8 Å². The minimum atomic E-state index is -0.344. The average Bonchev–Trinajstić information content (AvgIpc) is 3.26. The largest absolute Gasteiger partial charge is 0.415 e. The van der Waals surface area contributed by atoms with Crippen LogP contribution in [-0.4, -0.2) is 51.5 Å². The van der Waals surface area contributed by atoms with Crippen molar-refractivity contribution < 1.29 is 22.9 Å². The summed E-state index contributed by atoms with van der Waals surface area (Å²) >= 11 is 0. The van der Waals surface area contributed by atoms with Crippen molar-refractivity contribution in [3.05, 3.63) is 57.1 Å². The second-order valence-electron chi connectivity index (χ2n) is 10.0. The lowest BCUT2D eigenvalue weighted by Crippen LogP contribution is -2.55. The second-order valence-corrected chi connectivity index (χ2v) is 10.0. The number of likely N-dealkylation sites (tertiary alicyclic amines) is 1. The van der Waals surface area contributed by atoms with Gasteiger partial charge in [0.1, 0.15) is 11.6 Å². The fourth-order valence-electron chi connectivity index (χ4n) is 5.63. The van der Waals surface area contributed by atoms with Gasteiger partial charge in [-0.15, -0.1) is 0 Å². The SMILES string of the molecule is CC(=O)OC[N+]1(CCc2c(C)nc3n(c2=O)CCCC3)CCC(c2noc3cc(F)ccc23)CC1. The maximum Gasteiger partial charge on any atom is 0.306 e. The molecule has 5 rings (SSSR count). The van der Waals surface area contributed by atoms with Gasteiger partial charge < -0.3 is 9.26 Å². The zero-order valence-electron chi connectivity index (χ0n) is 20.4. The maximum absolute atomic E-state index is 13.6. The normalized spacial score (nSPS) is 22.2. The molecule has 3 aromatic rings. The van der Waals surface area contributed by atoms with Crippen LogP contribution in [0.5, 0.6) is 0 Å². The van der Waals surface area contributed by atoms with Gasteiger partial charge in [-0.05, 0) is 31.9 Å². The number of carbonyl (C=O) groups is 1. The Kier molecular flexibility index (Phi) is 6.44. The fourth-order valence-corrected chi connectivity index (χ4v) is 5.63. The van der Waals surface area contributed by atoms with E-state index < -0.39 is 0 Å². The number of aryl methyl sites for hydroxylation is 2. The minimum Gasteiger partial charge on any atom is -0.415 e. The third-order valence-electron chi connectivity index (χ3n) is 7.71. The summed E-state index contributed by atoms with van der Waals surface area (Å²) in [5, 5.41) is 5.10. The molecule has 186 valence electrons. The third-order valence-corrected chi connectivity index (χ3v) is 7.71. The molecule has 0 N–H and O–H groups in total. The van der Waals surface area contributed by atoms with Crippen molar-refractivity contribution in [1.82, 2.24) is 14.7 Å². The molecule has 2 aromatic heterocycles. The lowest BCUT2D eigenvalue weighted by molar-refractivity contribution is -0.948. The van der Waals surface area contributed by atoms with E-state index in [2.05, 4.69) is 5.16 Å². The van der Waals surface area contributed by atoms with Gasteiger partial charge in [0.2, 0.25) is 6.73 Å². The molecule has 2 aliphatic heterocycles. The first-order valence-corrected chi connectivity index (χ1v) is 12.5. The average molecular weight is 484 g/mol. The molecule has 0 aliphatic carbocycles. The van der Waals surface area contributed by atoms with Gasteiger partial charge >= 0.3 is 5.97 Å². The number of carbonyl (C=O) groups excluding carboxylic acids is 1. The van der Waals surface area contributed by atoms with Gasteiger partial charge in [0.25, 0.3) is 5.56 Å². The van der Waals surface area contributed by atoms with E-state index in [9.17, 15) is 14.0 Å². The molecule has 1 aromatic carbocycles. The van der Waals surface area contributed by atoms with Crippen LogP contribution >= 0.6 is 0 Å². The molecule has 35 heavy (non-hydrogen) atoms. The first-order chi connectivity index (χ1) is 16.8. The van der Waals surface area contributed by atoms with Crippen LogP contribution in [0.4, 0.5) is 4.39 Å². The molecule has 8 nitrogen and oxygen atoms in total. The van der Waals surface area contributed by atoms with Crippen molar-refractivity contribution in [3.8, 4) is 0 Å². The number of hydrogen-bond donors (Lipinski definition) is 0. The zero-order valence-corrected chi connectivity index (χ0v) is 20.4. The number of nitrogens with zero attached hydrogens (tertiary/aromatic N) is 4. The highest BCUT2D eigenvalue weighted by Gasteiger charge is 2.37. The van der Waals surface area contributed by atoms with Crippen LogP contribution in [0.3, 0.4) is 0 Å². The molecule has 0 saturated carbocycles. The number of quaternary nitrogens is 1. The molecule has 0 atom stereocenters. The van der Waals surface area contributed by atoms with Gasteiger partial charge in [-0.1, -0.05) is 5.16 Å². The number of aromatic nitrogens is 3. The number of hydrogen-bond acceptors (Lipinski definition) is 6. The van der Waals surface area contributed by atoms with E-state index in [0.29, 0.717) is 23.0 Å². The van der Waals surface area contributed by atoms with Crippen molar-refractivity contribution in [2.75, 3.05) is 26.4 Å². The molecule has 4 heterocycles. The predicted molar refractivity (Wildman–Crippen MR) is 127 cm³/mol. The summed E-state index contributed by atoms with van der Waals surface area (Å²) in [6.45, 7) is 6.63. The highest BCUT2D eigenvalue weighted by atomic mass is 19.1. The van der Waals surface area contributed by atoms with Gasteiger partial charge in [0.05, 0.1) is 25.3 Å². The molecule has 9 heteroatoms. The van der Waals surface area contributed by atoms with Gasteiger partial charge in [0.15, 0.2) is 5.58 Å². The molecular weight excluding hydrogens is 451 g/mol. The summed E-state index contributed by atoms with van der Waals surface area (Å²) < 4.78 is 26.9.